The molecule has 6 heteroatoms. The van der Waals surface area contributed by atoms with Gasteiger partial charge in [-0.25, -0.2) is 0 Å². The molecule has 2 aliphatic rings. The lowest BCUT2D eigenvalue weighted by Gasteiger charge is -2.29. The van der Waals surface area contributed by atoms with Gasteiger partial charge in [0.05, 0.1) is 19.3 Å². The summed E-state index contributed by atoms with van der Waals surface area (Å²) < 4.78 is 5.77. The molecule has 2 N–H and O–H groups in total. The van der Waals surface area contributed by atoms with Crippen molar-refractivity contribution in [2.24, 2.45) is 4.99 Å². The lowest BCUT2D eigenvalue weighted by atomic mass is 10.2. The number of guanidine groups is 1. The highest BCUT2D eigenvalue weighted by molar-refractivity contribution is 7.99. The van der Waals surface area contributed by atoms with Crippen LogP contribution in [0.4, 0.5) is 0 Å². The molecule has 3 atom stereocenters. The second-order valence-electron chi connectivity index (χ2n) is 5.99. The van der Waals surface area contributed by atoms with Gasteiger partial charge >= 0.3 is 0 Å². The van der Waals surface area contributed by atoms with Crippen molar-refractivity contribution in [3.8, 4) is 0 Å². The summed E-state index contributed by atoms with van der Waals surface area (Å²) in [6, 6.07) is 0.565. The molecule has 0 aromatic rings. The summed E-state index contributed by atoms with van der Waals surface area (Å²) >= 11 is 1.99. The zero-order valence-electron chi connectivity index (χ0n) is 13.6. The average molecular weight is 314 g/mol. The van der Waals surface area contributed by atoms with E-state index in [4.69, 9.17) is 9.73 Å². The Bertz CT molecular complexity index is 340. The number of hydrogen-bond acceptors (Lipinski definition) is 4. The number of nitrogens with one attached hydrogen (secondary N) is 2. The van der Waals surface area contributed by atoms with Crippen LogP contribution in [0.3, 0.4) is 0 Å². The smallest absolute Gasteiger partial charge is 0.191 e. The van der Waals surface area contributed by atoms with E-state index in [0.717, 1.165) is 44.0 Å². The van der Waals surface area contributed by atoms with E-state index in [2.05, 4.69) is 35.8 Å². The number of nitrogens with zero attached hydrogens (tertiary/aromatic N) is 2. The summed E-state index contributed by atoms with van der Waals surface area (Å²) in [5, 5.41) is 7.75. The van der Waals surface area contributed by atoms with Crippen molar-refractivity contribution in [2.75, 3.05) is 46.1 Å². The van der Waals surface area contributed by atoms with Gasteiger partial charge in [-0.05, 0) is 39.5 Å². The van der Waals surface area contributed by atoms with Crippen LogP contribution in [0.2, 0.25) is 0 Å². The SMILES string of the molecule is CCNC(=NCC1CN(C)CCO1)NC1CCC(SC)C1. The van der Waals surface area contributed by atoms with Gasteiger partial charge in [0.1, 0.15) is 0 Å². The molecule has 1 aliphatic heterocycles. The highest BCUT2D eigenvalue weighted by Gasteiger charge is 2.24. The van der Waals surface area contributed by atoms with E-state index < -0.39 is 0 Å². The van der Waals surface area contributed by atoms with Crippen LogP contribution < -0.4 is 10.6 Å². The summed E-state index contributed by atoms with van der Waals surface area (Å²) in [5.41, 5.74) is 0. The Balaban J connectivity index is 1.81. The number of morpholine rings is 1. The van der Waals surface area contributed by atoms with E-state index in [1.807, 2.05) is 11.8 Å². The summed E-state index contributed by atoms with van der Waals surface area (Å²) in [4.78, 5) is 7.03. The molecule has 1 saturated carbocycles. The van der Waals surface area contributed by atoms with E-state index in [9.17, 15) is 0 Å². The Morgan fingerprint density at radius 3 is 2.95 bits per heavy atom. The number of thioether (sulfide) groups is 1. The van der Waals surface area contributed by atoms with Gasteiger partial charge in [0.2, 0.25) is 0 Å². The van der Waals surface area contributed by atoms with Gasteiger partial charge < -0.3 is 20.3 Å². The van der Waals surface area contributed by atoms with E-state index in [1.54, 1.807) is 0 Å². The summed E-state index contributed by atoms with van der Waals surface area (Å²) in [7, 11) is 2.14. The molecule has 0 aromatic heterocycles. The molecule has 0 aromatic carbocycles. The Kier molecular flexibility index (Phi) is 7.13. The quantitative estimate of drug-likeness (QED) is 0.589. The average Bonchev–Trinajstić information content (AvgIpc) is 2.93. The van der Waals surface area contributed by atoms with E-state index in [-0.39, 0.29) is 6.10 Å². The van der Waals surface area contributed by atoms with Crippen molar-refractivity contribution in [3.63, 3.8) is 0 Å². The second-order valence-corrected chi connectivity index (χ2v) is 7.12. The molecule has 2 fully saturated rings. The molecule has 122 valence electrons. The fourth-order valence-electron chi connectivity index (χ4n) is 2.97. The standard InChI is InChI=1S/C15H30N4OS/c1-4-16-15(18-12-5-6-14(9-12)21-3)17-10-13-11-19(2)7-8-20-13/h12-14H,4-11H2,1-3H3,(H2,16,17,18). The third-order valence-corrected chi connectivity index (χ3v) is 5.29. The summed E-state index contributed by atoms with van der Waals surface area (Å²) in [6.07, 6.45) is 6.24. The van der Waals surface area contributed by atoms with Crippen LogP contribution in [-0.4, -0.2) is 74.3 Å². The fourth-order valence-corrected chi connectivity index (χ4v) is 3.77. The molecule has 0 radical (unpaired) electrons. The van der Waals surface area contributed by atoms with Gasteiger partial charge in [0, 0.05) is 30.9 Å². The zero-order chi connectivity index (χ0) is 15.1. The van der Waals surface area contributed by atoms with Gasteiger partial charge in [-0.1, -0.05) is 0 Å². The predicted octanol–water partition coefficient (Wildman–Crippen LogP) is 1.16. The maximum Gasteiger partial charge on any atom is 0.191 e. The highest BCUT2D eigenvalue weighted by Crippen LogP contribution is 2.27. The number of hydrogen-bond donors (Lipinski definition) is 2. The minimum absolute atomic E-state index is 0.224. The van der Waals surface area contributed by atoms with Crippen molar-refractivity contribution in [2.45, 2.75) is 43.6 Å². The zero-order valence-corrected chi connectivity index (χ0v) is 14.4. The molecular weight excluding hydrogens is 284 g/mol. The largest absolute Gasteiger partial charge is 0.374 e. The summed E-state index contributed by atoms with van der Waals surface area (Å²) in [6.45, 7) is 6.56. The van der Waals surface area contributed by atoms with Crippen molar-refractivity contribution in [1.29, 1.82) is 0 Å². The molecule has 0 bridgehead atoms. The van der Waals surface area contributed by atoms with Crippen molar-refractivity contribution in [1.82, 2.24) is 15.5 Å². The molecular formula is C15H30N4OS. The molecule has 1 saturated heterocycles. The van der Waals surface area contributed by atoms with Crippen LogP contribution in [0.15, 0.2) is 4.99 Å². The maximum absolute atomic E-state index is 5.77. The number of likely N-dealkylation sites (N-methyl/N-ethyl adjacent to an activating group) is 1. The minimum atomic E-state index is 0.224. The van der Waals surface area contributed by atoms with Crippen LogP contribution >= 0.6 is 11.8 Å². The molecule has 2 rings (SSSR count). The molecule has 0 spiro atoms. The van der Waals surface area contributed by atoms with Crippen LogP contribution in [-0.2, 0) is 4.74 Å². The fraction of sp³-hybridized carbons (Fsp3) is 0.933. The first-order valence-corrected chi connectivity index (χ1v) is 9.37. The highest BCUT2D eigenvalue weighted by atomic mass is 32.2. The first-order valence-electron chi connectivity index (χ1n) is 8.09. The van der Waals surface area contributed by atoms with Gasteiger partial charge in [-0.2, -0.15) is 11.8 Å². The Morgan fingerprint density at radius 1 is 1.43 bits per heavy atom. The lowest BCUT2D eigenvalue weighted by Crippen LogP contribution is -2.45. The van der Waals surface area contributed by atoms with Crippen LogP contribution in [0.1, 0.15) is 26.2 Å². The first-order chi connectivity index (χ1) is 10.2. The van der Waals surface area contributed by atoms with Crippen LogP contribution in [0.25, 0.3) is 0 Å². The first kappa shape index (κ1) is 16.9. The van der Waals surface area contributed by atoms with Crippen molar-refractivity contribution < 1.29 is 4.74 Å². The molecule has 5 nitrogen and oxygen atoms in total. The number of aliphatic imine (C=N–C) groups is 1. The second kappa shape index (κ2) is 8.86. The topological polar surface area (TPSA) is 48.9 Å². The Labute approximate surface area is 133 Å². The summed E-state index contributed by atoms with van der Waals surface area (Å²) in [5.74, 6) is 0.945. The number of rotatable bonds is 5. The monoisotopic (exact) mass is 314 g/mol. The van der Waals surface area contributed by atoms with Crippen molar-refractivity contribution in [3.05, 3.63) is 0 Å². The van der Waals surface area contributed by atoms with E-state index >= 15 is 0 Å². The van der Waals surface area contributed by atoms with Gasteiger partial charge in [0.15, 0.2) is 5.96 Å². The third kappa shape index (κ3) is 5.68. The minimum Gasteiger partial charge on any atom is -0.374 e. The van der Waals surface area contributed by atoms with Gasteiger partial charge in [-0.3, -0.25) is 4.99 Å². The van der Waals surface area contributed by atoms with Gasteiger partial charge in [-0.15, -0.1) is 0 Å². The van der Waals surface area contributed by atoms with E-state index in [1.165, 1.54) is 19.3 Å². The predicted molar refractivity (Wildman–Crippen MR) is 91.3 cm³/mol. The molecule has 21 heavy (non-hydrogen) atoms. The molecule has 1 aliphatic carbocycles. The molecule has 3 unspecified atom stereocenters. The molecule has 1 heterocycles. The Morgan fingerprint density at radius 2 is 2.29 bits per heavy atom. The third-order valence-electron chi connectivity index (χ3n) is 4.20. The normalized spacial score (nSPS) is 31.4. The number of ether oxygens (including phenoxy) is 1. The van der Waals surface area contributed by atoms with Crippen molar-refractivity contribution >= 4 is 17.7 Å². The maximum atomic E-state index is 5.77. The lowest BCUT2D eigenvalue weighted by molar-refractivity contribution is -0.0136. The van der Waals surface area contributed by atoms with Gasteiger partial charge in [0.25, 0.3) is 0 Å². The van der Waals surface area contributed by atoms with Crippen LogP contribution in [0.5, 0.6) is 0 Å². The molecule has 0 amide bonds. The van der Waals surface area contributed by atoms with E-state index in [0.29, 0.717) is 6.04 Å². The Hall–Kier alpha value is -0.460. The van der Waals surface area contributed by atoms with Crippen LogP contribution in [0, 0.1) is 0 Å².